The Labute approximate surface area is 385 Å². The fraction of sp³-hybridized carbons (Fsp3) is 0. The number of fused-ring (bicyclic) bond motifs is 8. The number of benzene rings is 10. The fourth-order valence-electron chi connectivity index (χ4n) is 9.42. The van der Waals surface area contributed by atoms with Crippen LogP contribution in [0.5, 0.6) is 23.0 Å². The second-order valence-electron chi connectivity index (χ2n) is 16.5. The molecule has 66 heavy (non-hydrogen) atoms. The van der Waals surface area contributed by atoms with Crippen molar-refractivity contribution in [2.45, 2.75) is 0 Å². The predicted molar refractivity (Wildman–Crippen MR) is 273 cm³/mol. The number of thiophene rings is 1. The molecule has 0 saturated heterocycles. The lowest BCUT2D eigenvalue weighted by Crippen LogP contribution is -2.11. The van der Waals surface area contributed by atoms with Crippen molar-refractivity contribution in [2.75, 3.05) is 9.80 Å². The normalized spacial score (nSPS) is 11.9. The van der Waals surface area contributed by atoms with Gasteiger partial charge in [-0.15, -0.1) is 11.3 Å². The Morgan fingerprint density at radius 3 is 1.65 bits per heavy atom. The smallest absolute Gasteiger partial charge is 0.172 e. The Hall–Kier alpha value is -8.58. The molecule has 1 aliphatic heterocycles. The van der Waals surface area contributed by atoms with Gasteiger partial charge in [0, 0.05) is 55.1 Å². The monoisotopic (exact) mass is 866 g/mol. The molecule has 6 heteroatoms. The third-order valence-corrected chi connectivity index (χ3v) is 13.7. The highest BCUT2D eigenvalue weighted by atomic mass is 32.1. The molecule has 0 spiro atoms. The molecule has 13 rings (SSSR count). The molecule has 5 nitrogen and oxygen atoms in total. The summed E-state index contributed by atoms with van der Waals surface area (Å²) in [6.07, 6.45) is 0. The number of nitrogens with zero attached hydrogens (tertiary/aromatic N) is 2. The number of furan rings is 1. The molecule has 0 fully saturated rings. The lowest BCUT2D eigenvalue weighted by molar-refractivity contribution is 0.360. The Balaban J connectivity index is 0.934. The quantitative estimate of drug-likeness (QED) is 0.152. The van der Waals surface area contributed by atoms with Crippen LogP contribution in [0.25, 0.3) is 64.4 Å². The largest absolute Gasteiger partial charge is 0.456 e. The summed E-state index contributed by atoms with van der Waals surface area (Å²) in [5.74, 6) is 2.78. The van der Waals surface area contributed by atoms with Gasteiger partial charge < -0.3 is 23.7 Å². The van der Waals surface area contributed by atoms with Crippen molar-refractivity contribution in [3.05, 3.63) is 231 Å². The van der Waals surface area contributed by atoms with Crippen LogP contribution in [0.3, 0.4) is 0 Å². The molecule has 0 radical (unpaired) electrons. The van der Waals surface area contributed by atoms with Crippen molar-refractivity contribution >= 4 is 87.6 Å². The maximum atomic E-state index is 6.43. The summed E-state index contributed by atoms with van der Waals surface area (Å²) in [5, 5.41) is 4.64. The van der Waals surface area contributed by atoms with E-state index >= 15 is 0 Å². The Morgan fingerprint density at radius 2 is 0.879 bits per heavy atom. The molecular weight excluding hydrogens is 829 g/mol. The number of hydrogen-bond acceptors (Lipinski definition) is 6. The van der Waals surface area contributed by atoms with Crippen molar-refractivity contribution in [3.8, 4) is 45.3 Å². The van der Waals surface area contributed by atoms with E-state index in [1.807, 2.05) is 53.8 Å². The van der Waals surface area contributed by atoms with E-state index in [1.165, 1.54) is 36.9 Å². The molecule has 12 aromatic rings. The van der Waals surface area contributed by atoms with Gasteiger partial charge in [-0.1, -0.05) is 127 Å². The minimum Gasteiger partial charge on any atom is -0.456 e. The molecule has 0 saturated carbocycles. The highest BCUT2D eigenvalue weighted by Crippen LogP contribution is 2.52. The maximum absolute atomic E-state index is 6.43. The first-order valence-corrected chi connectivity index (χ1v) is 22.9. The Kier molecular flexibility index (Phi) is 8.96. The molecule has 2 aromatic heterocycles. The van der Waals surface area contributed by atoms with Gasteiger partial charge in [0.2, 0.25) is 0 Å². The van der Waals surface area contributed by atoms with Crippen LogP contribution >= 0.6 is 11.3 Å². The number of rotatable bonds is 8. The van der Waals surface area contributed by atoms with Gasteiger partial charge in [-0.2, -0.15) is 0 Å². The number of ether oxygens (including phenoxy) is 2. The number of anilines is 6. The summed E-state index contributed by atoms with van der Waals surface area (Å²) in [5.41, 5.74) is 12.7. The van der Waals surface area contributed by atoms with E-state index < -0.39 is 0 Å². The number of hydrogen-bond donors (Lipinski definition) is 0. The van der Waals surface area contributed by atoms with Gasteiger partial charge in [-0.3, -0.25) is 0 Å². The summed E-state index contributed by atoms with van der Waals surface area (Å²) in [6, 6.07) is 81.0. The average molecular weight is 867 g/mol. The standard InChI is InChI=1S/C60H38N2O3S/c1-3-13-39(14-4-1)40-23-27-43(28-24-40)61(45-31-35-53-50(37-45)48-17-7-9-19-52(48)63-53)44-29-25-41(26-30-44)47-33-34-51(60-59(47)49-18-8-12-22-58(49)66-60)62(42-15-5-2-6-16-42)46-32-36-56-57(38-46)65-55-21-11-10-20-54(55)64-56/h1-38H. The van der Waals surface area contributed by atoms with Gasteiger partial charge in [-0.05, 0) is 119 Å². The van der Waals surface area contributed by atoms with Crippen LogP contribution in [0.2, 0.25) is 0 Å². The van der Waals surface area contributed by atoms with Crippen molar-refractivity contribution in [2.24, 2.45) is 0 Å². The van der Waals surface area contributed by atoms with Crippen LogP contribution in [0, 0.1) is 0 Å². The SMILES string of the molecule is c1ccc(-c2ccc(N(c3ccc(-c4ccc(N(c5ccccc5)c5ccc6c(c5)Oc5ccccc5O6)c5sc6ccccc6c45)cc3)c3ccc4oc5ccccc5c4c3)cc2)cc1. The number of para-hydroxylation sites is 4. The minimum absolute atomic E-state index is 0.677. The van der Waals surface area contributed by atoms with E-state index in [1.54, 1.807) is 0 Å². The van der Waals surface area contributed by atoms with E-state index in [4.69, 9.17) is 13.9 Å². The van der Waals surface area contributed by atoms with Gasteiger partial charge in [0.1, 0.15) is 11.2 Å². The van der Waals surface area contributed by atoms with Gasteiger partial charge >= 0.3 is 0 Å². The van der Waals surface area contributed by atoms with Gasteiger partial charge in [0.05, 0.1) is 16.1 Å². The van der Waals surface area contributed by atoms with Crippen molar-refractivity contribution in [1.29, 1.82) is 0 Å². The van der Waals surface area contributed by atoms with Crippen molar-refractivity contribution in [1.82, 2.24) is 0 Å². The first-order valence-electron chi connectivity index (χ1n) is 22.1. The third-order valence-electron chi connectivity index (χ3n) is 12.5. The molecule has 0 unspecified atom stereocenters. The molecule has 0 bridgehead atoms. The second kappa shape index (κ2) is 15.6. The van der Waals surface area contributed by atoms with Crippen LogP contribution in [0.1, 0.15) is 0 Å². The fourth-order valence-corrected chi connectivity index (χ4v) is 10.6. The zero-order valence-electron chi connectivity index (χ0n) is 35.5. The lowest BCUT2D eigenvalue weighted by atomic mass is 9.97. The molecule has 312 valence electrons. The summed E-state index contributed by atoms with van der Waals surface area (Å²) in [7, 11) is 0. The topological polar surface area (TPSA) is 38.1 Å². The van der Waals surface area contributed by atoms with Crippen LogP contribution < -0.4 is 19.3 Å². The second-order valence-corrected chi connectivity index (χ2v) is 17.5. The summed E-state index contributed by atoms with van der Waals surface area (Å²) >= 11 is 1.83. The Bertz CT molecular complexity index is 3770. The molecule has 10 aromatic carbocycles. The highest BCUT2D eigenvalue weighted by molar-refractivity contribution is 7.26. The van der Waals surface area contributed by atoms with Crippen LogP contribution in [-0.2, 0) is 0 Å². The lowest BCUT2D eigenvalue weighted by Gasteiger charge is -2.28. The van der Waals surface area contributed by atoms with Crippen molar-refractivity contribution < 1.29 is 13.9 Å². The van der Waals surface area contributed by atoms with E-state index in [-0.39, 0.29) is 0 Å². The van der Waals surface area contributed by atoms with Gasteiger partial charge in [0.15, 0.2) is 23.0 Å². The summed E-state index contributed by atoms with van der Waals surface area (Å²) < 4.78 is 21.4. The van der Waals surface area contributed by atoms with Gasteiger partial charge in [-0.25, -0.2) is 0 Å². The van der Waals surface area contributed by atoms with E-state index in [2.05, 4.69) is 198 Å². The first kappa shape index (κ1) is 37.9. The summed E-state index contributed by atoms with van der Waals surface area (Å²) in [4.78, 5) is 4.66. The van der Waals surface area contributed by atoms with Crippen LogP contribution in [0.4, 0.5) is 34.1 Å². The minimum atomic E-state index is 0.677. The molecule has 0 N–H and O–H groups in total. The molecule has 3 heterocycles. The van der Waals surface area contributed by atoms with Crippen LogP contribution in [0.15, 0.2) is 235 Å². The molecule has 0 atom stereocenters. The van der Waals surface area contributed by atoms with Gasteiger partial charge in [0.25, 0.3) is 0 Å². The van der Waals surface area contributed by atoms with E-state index in [9.17, 15) is 0 Å². The molecule has 1 aliphatic rings. The summed E-state index contributed by atoms with van der Waals surface area (Å²) in [6.45, 7) is 0. The first-order chi connectivity index (χ1) is 32.7. The molecule has 0 aliphatic carbocycles. The maximum Gasteiger partial charge on any atom is 0.172 e. The third kappa shape index (κ3) is 6.46. The molecular formula is C60H38N2O3S. The highest BCUT2D eigenvalue weighted by Gasteiger charge is 2.25. The average Bonchev–Trinajstić information content (AvgIpc) is 3.96. The van der Waals surface area contributed by atoms with E-state index in [0.717, 1.165) is 61.6 Å². The molecule has 0 amide bonds. The zero-order valence-corrected chi connectivity index (χ0v) is 36.3. The zero-order chi connectivity index (χ0) is 43.6. The Morgan fingerprint density at radius 1 is 0.333 bits per heavy atom. The van der Waals surface area contributed by atoms with E-state index in [0.29, 0.717) is 23.0 Å². The van der Waals surface area contributed by atoms with Crippen molar-refractivity contribution in [3.63, 3.8) is 0 Å². The predicted octanol–water partition coefficient (Wildman–Crippen LogP) is 18.1. The van der Waals surface area contributed by atoms with Crippen LogP contribution in [-0.4, -0.2) is 0 Å².